The van der Waals surface area contributed by atoms with Gasteiger partial charge in [-0.15, -0.1) is 0 Å². The van der Waals surface area contributed by atoms with Gasteiger partial charge in [-0.05, 0) is 86.3 Å². The molecule has 0 saturated carbocycles. The van der Waals surface area contributed by atoms with Gasteiger partial charge in [-0.3, -0.25) is 4.79 Å². The van der Waals surface area contributed by atoms with Crippen molar-refractivity contribution in [1.82, 2.24) is 10.6 Å². The highest BCUT2D eigenvalue weighted by Crippen LogP contribution is 2.40. The molecule has 2 saturated heterocycles. The van der Waals surface area contributed by atoms with Gasteiger partial charge in [0.2, 0.25) is 0 Å². The lowest BCUT2D eigenvalue weighted by molar-refractivity contribution is -0.123. The van der Waals surface area contributed by atoms with Gasteiger partial charge in [-0.1, -0.05) is 61.4 Å². The Kier molecular flexibility index (Phi) is 6.57. The number of Topliss-reactive ketones (excluding diaryl/α,β-unsaturated/α-hetero) is 1. The minimum atomic E-state index is -0.256. The second kappa shape index (κ2) is 10.7. The molecule has 2 aromatic heterocycles. The Labute approximate surface area is 245 Å². The van der Waals surface area contributed by atoms with Gasteiger partial charge in [0.1, 0.15) is 22.3 Å². The first-order chi connectivity index (χ1) is 20.7. The van der Waals surface area contributed by atoms with Crippen molar-refractivity contribution in [2.24, 2.45) is 0 Å². The molecule has 2 fully saturated rings. The predicted octanol–water partition coefficient (Wildman–Crippen LogP) is 8.21. The highest BCUT2D eigenvalue weighted by Gasteiger charge is 2.40. The summed E-state index contributed by atoms with van der Waals surface area (Å²) in [5.74, 6) is -0.212. The van der Waals surface area contributed by atoms with E-state index in [4.69, 9.17) is 8.83 Å². The maximum absolute atomic E-state index is 15.2. The maximum Gasteiger partial charge on any atom is 0.150 e. The molecule has 6 aromatic rings. The Morgan fingerprint density at radius 1 is 0.571 bits per heavy atom. The molecule has 4 aromatic carbocycles. The molecule has 8 rings (SSSR count). The molecule has 2 aliphatic rings. The zero-order chi connectivity index (χ0) is 28.0. The van der Waals surface area contributed by atoms with Gasteiger partial charge in [0.25, 0.3) is 0 Å². The third-order valence-corrected chi connectivity index (χ3v) is 9.63. The second-order valence-electron chi connectivity index (χ2n) is 12.2. The van der Waals surface area contributed by atoms with Crippen molar-refractivity contribution in [2.75, 3.05) is 13.1 Å². The third-order valence-electron chi connectivity index (χ3n) is 9.63. The number of carbonyl (C=O) groups excluding carboxylic acids is 1. The van der Waals surface area contributed by atoms with Crippen molar-refractivity contribution in [2.45, 2.75) is 62.4 Å². The number of carbonyl (C=O) groups is 1. The summed E-state index contributed by atoms with van der Waals surface area (Å²) in [4.78, 5) is 15.2. The Morgan fingerprint density at radius 2 is 1.02 bits per heavy atom. The molecule has 0 amide bonds. The van der Waals surface area contributed by atoms with Crippen LogP contribution in [0.1, 0.15) is 61.5 Å². The summed E-state index contributed by atoms with van der Waals surface area (Å²) in [7, 11) is 0. The van der Waals surface area contributed by atoms with Crippen LogP contribution >= 0.6 is 0 Å². The standard InChI is InChI=1S/C37H36N2O3/c40-37(35(29-11-5-7-19-38-29)23-15-17-33-27(21-23)25-9-1-3-13-31(25)41-33)36(30-12-6-8-20-39-30)24-16-18-34-28(22-24)26-10-2-4-14-32(26)42-34/h1-4,9-10,13-18,21-22,29-30,35-36,38-39H,5-8,11-12,19-20H2. The van der Waals surface area contributed by atoms with Crippen molar-refractivity contribution in [3.05, 3.63) is 96.1 Å². The zero-order valence-electron chi connectivity index (χ0n) is 23.8. The molecular formula is C37H36N2O3. The molecule has 4 unspecified atom stereocenters. The minimum Gasteiger partial charge on any atom is -0.456 e. The maximum atomic E-state index is 15.2. The fourth-order valence-electron chi connectivity index (χ4n) is 7.58. The summed E-state index contributed by atoms with van der Waals surface area (Å²) in [6, 6.07) is 29.4. The number of para-hydroxylation sites is 2. The first-order valence-electron chi connectivity index (χ1n) is 15.6. The summed E-state index contributed by atoms with van der Waals surface area (Å²) in [6.45, 7) is 1.90. The van der Waals surface area contributed by atoms with Gasteiger partial charge < -0.3 is 19.5 Å². The van der Waals surface area contributed by atoms with Crippen LogP contribution in [-0.2, 0) is 4.79 Å². The van der Waals surface area contributed by atoms with Crippen LogP contribution in [0.4, 0.5) is 0 Å². The molecular weight excluding hydrogens is 520 g/mol. The van der Waals surface area contributed by atoms with E-state index in [9.17, 15) is 0 Å². The van der Waals surface area contributed by atoms with Crippen molar-refractivity contribution >= 4 is 49.7 Å². The number of benzene rings is 4. The summed E-state index contributed by atoms with van der Waals surface area (Å²) in [5.41, 5.74) is 5.65. The highest BCUT2D eigenvalue weighted by molar-refractivity contribution is 6.07. The van der Waals surface area contributed by atoms with E-state index in [1.807, 2.05) is 24.3 Å². The molecule has 2 aliphatic heterocycles. The summed E-state index contributed by atoms with van der Waals surface area (Å²) in [5, 5.41) is 11.9. The highest BCUT2D eigenvalue weighted by atomic mass is 16.3. The van der Waals surface area contributed by atoms with Crippen LogP contribution in [0.3, 0.4) is 0 Å². The lowest BCUT2D eigenvalue weighted by Gasteiger charge is -2.37. The number of hydrogen-bond donors (Lipinski definition) is 2. The molecule has 2 N–H and O–H groups in total. The summed E-state index contributed by atoms with van der Waals surface area (Å²) in [6.07, 6.45) is 6.57. The number of rotatable bonds is 6. The van der Waals surface area contributed by atoms with Crippen molar-refractivity contribution < 1.29 is 13.6 Å². The summed E-state index contributed by atoms with van der Waals surface area (Å²) < 4.78 is 12.3. The van der Waals surface area contributed by atoms with Crippen molar-refractivity contribution in [3.63, 3.8) is 0 Å². The Hall–Kier alpha value is -3.93. The number of furan rings is 2. The first-order valence-corrected chi connectivity index (χ1v) is 15.6. The molecule has 0 spiro atoms. The number of ketones is 1. The monoisotopic (exact) mass is 556 g/mol. The topological polar surface area (TPSA) is 67.4 Å². The van der Waals surface area contributed by atoms with Crippen LogP contribution in [0.15, 0.2) is 93.8 Å². The lowest BCUT2D eigenvalue weighted by atomic mass is 9.73. The van der Waals surface area contributed by atoms with Crippen molar-refractivity contribution in [3.8, 4) is 0 Å². The van der Waals surface area contributed by atoms with E-state index in [1.54, 1.807) is 0 Å². The Balaban J connectivity index is 1.27. The molecule has 212 valence electrons. The second-order valence-corrected chi connectivity index (χ2v) is 12.2. The number of fused-ring (bicyclic) bond motifs is 6. The van der Waals surface area contributed by atoms with Crippen LogP contribution in [0.25, 0.3) is 43.9 Å². The Bertz CT molecular complexity index is 1770. The smallest absolute Gasteiger partial charge is 0.150 e. The molecule has 42 heavy (non-hydrogen) atoms. The quantitative estimate of drug-likeness (QED) is 0.216. The van der Waals surface area contributed by atoms with Gasteiger partial charge in [-0.2, -0.15) is 0 Å². The average molecular weight is 557 g/mol. The average Bonchev–Trinajstić information content (AvgIpc) is 3.60. The van der Waals surface area contributed by atoms with Crippen LogP contribution < -0.4 is 10.6 Å². The fraction of sp³-hybridized carbons (Fsp3) is 0.324. The van der Waals surface area contributed by atoms with E-state index in [2.05, 4.69) is 71.3 Å². The Morgan fingerprint density at radius 3 is 1.48 bits per heavy atom. The first kappa shape index (κ1) is 25.8. The molecule has 5 heteroatoms. The largest absolute Gasteiger partial charge is 0.456 e. The molecule has 4 atom stereocenters. The van der Waals surface area contributed by atoms with Crippen LogP contribution in [-0.4, -0.2) is 31.0 Å². The van der Waals surface area contributed by atoms with Gasteiger partial charge in [0.15, 0.2) is 5.78 Å². The predicted molar refractivity (Wildman–Crippen MR) is 169 cm³/mol. The number of piperidine rings is 2. The van der Waals surface area contributed by atoms with Gasteiger partial charge in [-0.25, -0.2) is 0 Å². The van der Waals surface area contributed by atoms with Crippen molar-refractivity contribution in [1.29, 1.82) is 0 Å². The van der Waals surface area contributed by atoms with Crippen LogP contribution in [0.2, 0.25) is 0 Å². The molecule has 4 heterocycles. The number of hydrogen-bond acceptors (Lipinski definition) is 5. The molecule has 0 radical (unpaired) electrons. The van der Waals surface area contributed by atoms with E-state index >= 15 is 4.79 Å². The van der Waals surface area contributed by atoms with Gasteiger partial charge in [0, 0.05) is 33.6 Å². The summed E-state index contributed by atoms with van der Waals surface area (Å²) >= 11 is 0. The lowest BCUT2D eigenvalue weighted by Crippen LogP contribution is -2.48. The number of nitrogens with one attached hydrogen (secondary N) is 2. The van der Waals surface area contributed by atoms with Crippen LogP contribution in [0.5, 0.6) is 0 Å². The molecule has 0 bridgehead atoms. The normalized spacial score (nSPS) is 21.2. The van der Waals surface area contributed by atoms with Gasteiger partial charge in [0.05, 0.1) is 11.8 Å². The van der Waals surface area contributed by atoms with E-state index < -0.39 is 0 Å². The van der Waals surface area contributed by atoms with E-state index in [0.717, 1.165) is 107 Å². The van der Waals surface area contributed by atoms with E-state index in [0.29, 0.717) is 5.78 Å². The molecule has 5 nitrogen and oxygen atoms in total. The van der Waals surface area contributed by atoms with E-state index in [-0.39, 0.29) is 23.9 Å². The van der Waals surface area contributed by atoms with Gasteiger partial charge >= 0.3 is 0 Å². The van der Waals surface area contributed by atoms with Crippen LogP contribution in [0, 0.1) is 0 Å². The van der Waals surface area contributed by atoms with E-state index in [1.165, 1.54) is 0 Å². The third kappa shape index (κ3) is 4.43. The molecule has 0 aliphatic carbocycles. The zero-order valence-corrected chi connectivity index (χ0v) is 23.8. The SMILES string of the molecule is O=C(C(c1ccc2oc3ccccc3c2c1)C1CCCCN1)C(c1ccc2oc3ccccc3c2c1)C1CCCCN1. The minimum absolute atomic E-state index is 0.103. The fourth-order valence-corrected chi connectivity index (χ4v) is 7.58.